The molecule has 0 aliphatic heterocycles. The first-order chi connectivity index (χ1) is 8.44. The third kappa shape index (κ3) is 2.52. The van der Waals surface area contributed by atoms with Crippen molar-refractivity contribution in [1.29, 1.82) is 0 Å². The molecule has 2 aliphatic rings. The van der Waals surface area contributed by atoms with Crippen LogP contribution in [0.2, 0.25) is 0 Å². The molecule has 1 amide bonds. The van der Waals surface area contributed by atoms with E-state index < -0.39 is 11.4 Å². The maximum atomic E-state index is 12.3. The second-order valence-electron chi connectivity index (χ2n) is 6.22. The van der Waals surface area contributed by atoms with Gasteiger partial charge in [-0.15, -0.1) is 0 Å². The molecule has 0 saturated heterocycles. The first-order valence-corrected chi connectivity index (χ1v) is 6.99. The lowest BCUT2D eigenvalue weighted by Gasteiger charge is -2.37. The minimum atomic E-state index is -1.25. The van der Waals surface area contributed by atoms with Crippen LogP contribution in [0.4, 0.5) is 0 Å². The molecular formula is C14H23NO3. The molecule has 3 atom stereocenters. The molecule has 2 N–H and O–H groups in total. The van der Waals surface area contributed by atoms with E-state index in [1.807, 2.05) is 0 Å². The number of carbonyl (C=O) groups is 2. The molecule has 2 aliphatic carbocycles. The molecule has 102 valence electrons. The summed E-state index contributed by atoms with van der Waals surface area (Å²) in [7, 11) is 0. The molecule has 0 bridgehead atoms. The van der Waals surface area contributed by atoms with Crippen molar-refractivity contribution in [2.45, 2.75) is 58.4 Å². The molecule has 0 radical (unpaired) electrons. The Morgan fingerprint density at radius 2 is 1.89 bits per heavy atom. The van der Waals surface area contributed by atoms with Crippen LogP contribution in [0.3, 0.4) is 0 Å². The average molecular weight is 253 g/mol. The summed E-state index contributed by atoms with van der Waals surface area (Å²) >= 11 is 0. The summed E-state index contributed by atoms with van der Waals surface area (Å²) in [6.07, 6.45) is 5.86. The van der Waals surface area contributed by atoms with Gasteiger partial charge in [0.2, 0.25) is 5.91 Å². The van der Waals surface area contributed by atoms with Crippen LogP contribution in [-0.2, 0) is 9.59 Å². The van der Waals surface area contributed by atoms with Gasteiger partial charge in [0.1, 0.15) is 5.41 Å². The lowest BCUT2D eigenvalue weighted by atomic mass is 9.67. The van der Waals surface area contributed by atoms with Gasteiger partial charge in [-0.1, -0.05) is 19.8 Å². The zero-order valence-electron chi connectivity index (χ0n) is 11.2. The number of carboxylic acids is 1. The highest BCUT2D eigenvalue weighted by atomic mass is 16.4. The molecule has 0 aromatic rings. The number of hydrogen-bond donors (Lipinski definition) is 2. The van der Waals surface area contributed by atoms with Crippen molar-refractivity contribution < 1.29 is 14.7 Å². The van der Waals surface area contributed by atoms with Crippen molar-refractivity contribution in [2.24, 2.45) is 17.3 Å². The van der Waals surface area contributed by atoms with E-state index >= 15 is 0 Å². The Morgan fingerprint density at radius 3 is 2.39 bits per heavy atom. The van der Waals surface area contributed by atoms with Gasteiger partial charge in [-0.3, -0.25) is 9.59 Å². The highest BCUT2D eigenvalue weighted by Crippen LogP contribution is 2.41. The fourth-order valence-corrected chi connectivity index (χ4v) is 2.98. The SMILES string of the molecule is CC1CCCC(C(C)(C(=O)O)C(=O)NC2CC2)C1. The molecular weight excluding hydrogens is 230 g/mol. The number of hydrogen-bond acceptors (Lipinski definition) is 2. The van der Waals surface area contributed by atoms with Gasteiger partial charge >= 0.3 is 5.97 Å². The van der Waals surface area contributed by atoms with Gasteiger partial charge in [0.15, 0.2) is 0 Å². The zero-order valence-corrected chi connectivity index (χ0v) is 11.2. The summed E-state index contributed by atoms with van der Waals surface area (Å²) in [5, 5.41) is 12.4. The largest absolute Gasteiger partial charge is 0.480 e. The molecule has 2 rings (SSSR count). The maximum Gasteiger partial charge on any atom is 0.319 e. The Bertz CT molecular complexity index is 351. The van der Waals surface area contributed by atoms with Crippen LogP contribution < -0.4 is 5.32 Å². The van der Waals surface area contributed by atoms with Crippen molar-refractivity contribution in [3.63, 3.8) is 0 Å². The van der Waals surface area contributed by atoms with Gasteiger partial charge in [0, 0.05) is 6.04 Å². The summed E-state index contributed by atoms with van der Waals surface area (Å²) in [5.74, 6) is -0.759. The summed E-state index contributed by atoms with van der Waals surface area (Å²) in [6.45, 7) is 3.75. The number of amides is 1. The number of carboxylic acid groups (broad SMARTS) is 1. The molecule has 4 nitrogen and oxygen atoms in total. The Kier molecular flexibility index (Phi) is 3.64. The average Bonchev–Trinajstić information content (AvgIpc) is 3.11. The third-order valence-corrected chi connectivity index (χ3v) is 4.58. The smallest absolute Gasteiger partial charge is 0.319 e. The van der Waals surface area contributed by atoms with Gasteiger partial charge in [-0.25, -0.2) is 0 Å². The number of carbonyl (C=O) groups excluding carboxylic acids is 1. The lowest BCUT2D eigenvalue weighted by molar-refractivity contribution is -0.160. The predicted octanol–water partition coefficient (Wildman–Crippen LogP) is 2.18. The van der Waals surface area contributed by atoms with Crippen LogP contribution >= 0.6 is 0 Å². The van der Waals surface area contributed by atoms with E-state index in [0.29, 0.717) is 5.92 Å². The Morgan fingerprint density at radius 1 is 1.22 bits per heavy atom. The monoisotopic (exact) mass is 253 g/mol. The Balaban J connectivity index is 2.13. The van der Waals surface area contributed by atoms with Crippen LogP contribution in [0.5, 0.6) is 0 Å². The van der Waals surface area contributed by atoms with Crippen LogP contribution in [0, 0.1) is 17.3 Å². The second-order valence-corrected chi connectivity index (χ2v) is 6.22. The van der Waals surface area contributed by atoms with E-state index in [4.69, 9.17) is 0 Å². The molecule has 0 aromatic carbocycles. The van der Waals surface area contributed by atoms with Crippen molar-refractivity contribution in [3.05, 3.63) is 0 Å². The number of rotatable bonds is 4. The van der Waals surface area contributed by atoms with Gasteiger partial charge in [-0.2, -0.15) is 0 Å². The minimum Gasteiger partial charge on any atom is -0.480 e. The fourth-order valence-electron chi connectivity index (χ4n) is 2.98. The Hall–Kier alpha value is -1.06. The van der Waals surface area contributed by atoms with Crippen molar-refractivity contribution in [1.82, 2.24) is 5.32 Å². The molecule has 0 heterocycles. The van der Waals surface area contributed by atoms with E-state index in [-0.39, 0.29) is 17.9 Å². The molecule has 0 aromatic heterocycles. The molecule has 18 heavy (non-hydrogen) atoms. The molecule has 3 unspecified atom stereocenters. The van der Waals surface area contributed by atoms with Crippen molar-refractivity contribution >= 4 is 11.9 Å². The van der Waals surface area contributed by atoms with Crippen LogP contribution in [-0.4, -0.2) is 23.0 Å². The van der Waals surface area contributed by atoms with Crippen molar-refractivity contribution in [3.8, 4) is 0 Å². The lowest BCUT2D eigenvalue weighted by Crippen LogP contribution is -2.51. The fraction of sp³-hybridized carbons (Fsp3) is 0.857. The first kappa shape index (κ1) is 13.4. The summed E-state index contributed by atoms with van der Waals surface area (Å²) in [4.78, 5) is 23.9. The van der Waals surface area contributed by atoms with Crippen molar-refractivity contribution in [2.75, 3.05) is 0 Å². The van der Waals surface area contributed by atoms with E-state index in [2.05, 4.69) is 12.2 Å². The van der Waals surface area contributed by atoms with Crippen LogP contribution in [0.15, 0.2) is 0 Å². The minimum absolute atomic E-state index is 0.0301. The van der Waals surface area contributed by atoms with Gasteiger partial charge in [-0.05, 0) is 44.4 Å². The normalized spacial score (nSPS) is 31.4. The topological polar surface area (TPSA) is 66.4 Å². The van der Waals surface area contributed by atoms with E-state index in [1.165, 1.54) is 0 Å². The van der Waals surface area contributed by atoms with Gasteiger partial charge in [0.25, 0.3) is 0 Å². The third-order valence-electron chi connectivity index (χ3n) is 4.58. The number of nitrogens with one attached hydrogen (secondary N) is 1. The Labute approximate surface area is 108 Å². The first-order valence-electron chi connectivity index (χ1n) is 6.99. The second kappa shape index (κ2) is 4.90. The van der Waals surface area contributed by atoms with Crippen LogP contribution in [0.1, 0.15) is 52.4 Å². The standard InChI is InChI=1S/C14H23NO3/c1-9-4-3-5-10(8-9)14(2,13(17)18)12(16)15-11-6-7-11/h9-11H,3-8H2,1-2H3,(H,15,16)(H,17,18). The van der Waals surface area contributed by atoms with Gasteiger partial charge in [0.05, 0.1) is 0 Å². The van der Waals surface area contributed by atoms with Crippen LogP contribution in [0.25, 0.3) is 0 Å². The summed E-state index contributed by atoms with van der Waals surface area (Å²) < 4.78 is 0. The highest BCUT2D eigenvalue weighted by Gasteiger charge is 2.50. The molecule has 0 spiro atoms. The van der Waals surface area contributed by atoms with E-state index in [1.54, 1.807) is 6.92 Å². The highest BCUT2D eigenvalue weighted by molar-refractivity contribution is 6.02. The quantitative estimate of drug-likeness (QED) is 0.755. The predicted molar refractivity (Wildman–Crippen MR) is 68.0 cm³/mol. The van der Waals surface area contributed by atoms with E-state index in [0.717, 1.165) is 38.5 Å². The van der Waals surface area contributed by atoms with Gasteiger partial charge < -0.3 is 10.4 Å². The molecule has 2 fully saturated rings. The molecule has 2 saturated carbocycles. The number of aliphatic carboxylic acids is 1. The van der Waals surface area contributed by atoms with E-state index in [9.17, 15) is 14.7 Å². The zero-order chi connectivity index (χ0) is 13.3. The summed E-state index contributed by atoms with van der Waals surface area (Å²) in [5.41, 5.74) is -1.25. The maximum absolute atomic E-state index is 12.3. The summed E-state index contributed by atoms with van der Waals surface area (Å²) in [6, 6.07) is 0.220. The molecule has 4 heteroatoms.